The maximum atomic E-state index is 11.6. The molecule has 0 saturated heterocycles. The number of hydrogen-bond donors (Lipinski definition) is 0. The minimum atomic E-state index is -0.616. The van der Waals surface area contributed by atoms with Crippen LogP contribution in [0.15, 0.2) is 18.2 Å². The largest absolute Gasteiger partial charge is 0.345 e. The van der Waals surface area contributed by atoms with E-state index in [0.717, 1.165) is 0 Å². The molecule has 0 bridgehead atoms. The highest BCUT2D eigenvalue weighted by Gasteiger charge is 2.20. The third kappa shape index (κ3) is 2.24. The molecular formula is C9H9ClN2O3. The van der Waals surface area contributed by atoms with Crippen molar-refractivity contribution in [2.45, 2.75) is 0 Å². The fourth-order valence-corrected chi connectivity index (χ4v) is 1.34. The third-order valence-electron chi connectivity index (χ3n) is 1.81. The fraction of sp³-hybridized carbons (Fsp3) is 0.222. The van der Waals surface area contributed by atoms with Gasteiger partial charge in [0.15, 0.2) is 0 Å². The molecule has 0 atom stereocenters. The van der Waals surface area contributed by atoms with Crippen LogP contribution in [-0.2, 0) is 0 Å². The number of hydrogen-bond acceptors (Lipinski definition) is 3. The highest BCUT2D eigenvalue weighted by molar-refractivity contribution is 6.35. The van der Waals surface area contributed by atoms with Crippen LogP contribution in [0.3, 0.4) is 0 Å². The Morgan fingerprint density at radius 1 is 1.47 bits per heavy atom. The van der Waals surface area contributed by atoms with Gasteiger partial charge in [0.1, 0.15) is 5.02 Å². The van der Waals surface area contributed by atoms with Gasteiger partial charge in [-0.2, -0.15) is 0 Å². The summed E-state index contributed by atoms with van der Waals surface area (Å²) in [5.74, 6) is -0.358. The van der Waals surface area contributed by atoms with E-state index in [2.05, 4.69) is 0 Å². The summed E-state index contributed by atoms with van der Waals surface area (Å²) in [6.07, 6.45) is 0. The molecule has 80 valence electrons. The molecule has 6 heteroatoms. The minimum absolute atomic E-state index is 0.124. The summed E-state index contributed by atoms with van der Waals surface area (Å²) in [4.78, 5) is 22.8. The van der Waals surface area contributed by atoms with Crippen molar-refractivity contribution >= 4 is 23.2 Å². The maximum Gasteiger partial charge on any atom is 0.288 e. The summed E-state index contributed by atoms with van der Waals surface area (Å²) in [7, 11) is 3.11. The Morgan fingerprint density at radius 2 is 2.07 bits per heavy atom. The Labute approximate surface area is 91.4 Å². The van der Waals surface area contributed by atoms with Crippen LogP contribution in [0.25, 0.3) is 0 Å². The van der Waals surface area contributed by atoms with Crippen LogP contribution in [0.4, 0.5) is 5.69 Å². The highest BCUT2D eigenvalue weighted by atomic mass is 35.5. The Bertz CT molecular complexity index is 418. The number of rotatable bonds is 2. The van der Waals surface area contributed by atoms with E-state index in [1.165, 1.54) is 23.1 Å². The smallest absolute Gasteiger partial charge is 0.288 e. The van der Waals surface area contributed by atoms with Gasteiger partial charge in [0.25, 0.3) is 11.6 Å². The van der Waals surface area contributed by atoms with Gasteiger partial charge in [-0.1, -0.05) is 17.7 Å². The van der Waals surface area contributed by atoms with E-state index < -0.39 is 4.92 Å². The van der Waals surface area contributed by atoms with Crippen molar-refractivity contribution in [1.29, 1.82) is 0 Å². The predicted molar refractivity (Wildman–Crippen MR) is 56.1 cm³/mol. The standard InChI is InChI=1S/C9H9ClN2O3/c1-11(2)9(13)6-4-3-5-7(8(6)10)12(14)15/h3-5H,1-2H3. The van der Waals surface area contributed by atoms with E-state index in [9.17, 15) is 14.9 Å². The molecule has 15 heavy (non-hydrogen) atoms. The van der Waals surface area contributed by atoms with Crippen molar-refractivity contribution in [1.82, 2.24) is 4.90 Å². The lowest BCUT2D eigenvalue weighted by Gasteiger charge is -2.10. The Hall–Kier alpha value is -1.62. The Kier molecular flexibility index (Phi) is 3.26. The molecule has 1 amide bonds. The highest BCUT2D eigenvalue weighted by Crippen LogP contribution is 2.28. The van der Waals surface area contributed by atoms with Crippen LogP contribution in [-0.4, -0.2) is 29.8 Å². The summed E-state index contributed by atoms with van der Waals surface area (Å²) in [6, 6.07) is 4.15. The van der Waals surface area contributed by atoms with Gasteiger partial charge in [-0.15, -0.1) is 0 Å². The van der Waals surface area contributed by atoms with Gasteiger partial charge in [0.2, 0.25) is 0 Å². The lowest BCUT2D eigenvalue weighted by molar-refractivity contribution is -0.384. The molecule has 0 aliphatic carbocycles. The monoisotopic (exact) mass is 228 g/mol. The molecule has 0 aliphatic rings. The number of nitro groups is 1. The van der Waals surface area contributed by atoms with Crippen molar-refractivity contribution in [2.24, 2.45) is 0 Å². The molecule has 1 aromatic carbocycles. The molecule has 5 nitrogen and oxygen atoms in total. The molecule has 0 saturated carbocycles. The summed E-state index contributed by atoms with van der Waals surface area (Å²) in [5.41, 5.74) is -0.125. The first-order valence-corrected chi connectivity index (χ1v) is 4.47. The first-order valence-electron chi connectivity index (χ1n) is 4.09. The minimum Gasteiger partial charge on any atom is -0.345 e. The molecule has 0 N–H and O–H groups in total. The number of nitrogens with zero attached hydrogens (tertiary/aromatic N) is 2. The van der Waals surface area contributed by atoms with E-state index in [1.807, 2.05) is 0 Å². The van der Waals surface area contributed by atoms with Gasteiger partial charge in [-0.05, 0) is 6.07 Å². The van der Waals surface area contributed by atoms with Crippen LogP contribution in [0.5, 0.6) is 0 Å². The number of nitro benzene ring substituents is 1. The summed E-state index contributed by atoms with van der Waals surface area (Å²) < 4.78 is 0. The molecule has 0 unspecified atom stereocenters. The summed E-state index contributed by atoms with van der Waals surface area (Å²) in [5, 5.41) is 10.4. The lowest BCUT2D eigenvalue weighted by atomic mass is 10.2. The normalized spacial score (nSPS) is 9.80. The van der Waals surface area contributed by atoms with Gasteiger partial charge in [-0.3, -0.25) is 14.9 Å². The lowest BCUT2D eigenvalue weighted by Crippen LogP contribution is -2.22. The van der Waals surface area contributed by atoms with Crippen molar-refractivity contribution < 1.29 is 9.72 Å². The van der Waals surface area contributed by atoms with E-state index in [0.29, 0.717) is 0 Å². The predicted octanol–water partition coefficient (Wildman–Crippen LogP) is 1.95. The number of halogens is 1. The van der Waals surface area contributed by atoms with Crippen molar-refractivity contribution in [3.05, 3.63) is 38.9 Å². The summed E-state index contributed by atoms with van der Waals surface area (Å²) in [6.45, 7) is 0. The molecular weight excluding hydrogens is 220 g/mol. The number of carbonyl (C=O) groups excluding carboxylic acids is 1. The summed E-state index contributed by atoms with van der Waals surface area (Å²) >= 11 is 5.75. The van der Waals surface area contributed by atoms with E-state index in [4.69, 9.17) is 11.6 Å². The quantitative estimate of drug-likeness (QED) is 0.574. The van der Waals surface area contributed by atoms with Gasteiger partial charge >= 0.3 is 0 Å². The molecule has 0 aliphatic heterocycles. The Morgan fingerprint density at radius 3 is 2.53 bits per heavy atom. The van der Waals surface area contributed by atoms with Gasteiger partial charge < -0.3 is 4.90 Å². The van der Waals surface area contributed by atoms with Crippen LogP contribution in [0.2, 0.25) is 5.02 Å². The number of carbonyl (C=O) groups is 1. The Balaban J connectivity index is 3.27. The molecule has 0 spiro atoms. The average Bonchev–Trinajstić information content (AvgIpc) is 2.16. The van der Waals surface area contributed by atoms with E-state index in [-0.39, 0.29) is 22.2 Å². The fourth-order valence-electron chi connectivity index (χ4n) is 1.07. The molecule has 0 radical (unpaired) electrons. The first-order chi connectivity index (χ1) is 6.95. The topological polar surface area (TPSA) is 63.5 Å². The van der Waals surface area contributed by atoms with Crippen LogP contribution in [0.1, 0.15) is 10.4 Å². The van der Waals surface area contributed by atoms with Crippen LogP contribution >= 0.6 is 11.6 Å². The second-order valence-electron chi connectivity index (χ2n) is 3.10. The van der Waals surface area contributed by atoms with Crippen LogP contribution in [0, 0.1) is 10.1 Å². The van der Waals surface area contributed by atoms with Gasteiger partial charge in [0.05, 0.1) is 10.5 Å². The molecule has 0 fully saturated rings. The third-order valence-corrected chi connectivity index (χ3v) is 2.21. The SMILES string of the molecule is CN(C)C(=O)c1cccc([N+](=O)[O-])c1Cl. The van der Waals surface area contributed by atoms with E-state index in [1.54, 1.807) is 14.1 Å². The average molecular weight is 229 g/mol. The maximum absolute atomic E-state index is 11.6. The zero-order chi connectivity index (χ0) is 11.6. The van der Waals surface area contributed by atoms with Crippen molar-refractivity contribution in [3.63, 3.8) is 0 Å². The van der Waals surface area contributed by atoms with Gasteiger partial charge in [-0.25, -0.2) is 0 Å². The zero-order valence-corrected chi connectivity index (χ0v) is 8.99. The molecule has 1 rings (SSSR count). The molecule has 1 aromatic rings. The number of amides is 1. The van der Waals surface area contributed by atoms with E-state index >= 15 is 0 Å². The second kappa shape index (κ2) is 4.27. The number of benzene rings is 1. The molecule has 0 heterocycles. The first kappa shape index (κ1) is 11.5. The van der Waals surface area contributed by atoms with Crippen molar-refractivity contribution in [2.75, 3.05) is 14.1 Å². The van der Waals surface area contributed by atoms with Gasteiger partial charge in [0, 0.05) is 20.2 Å². The molecule has 0 aromatic heterocycles. The zero-order valence-electron chi connectivity index (χ0n) is 8.23. The van der Waals surface area contributed by atoms with Crippen LogP contribution < -0.4 is 0 Å². The van der Waals surface area contributed by atoms with Crippen molar-refractivity contribution in [3.8, 4) is 0 Å². The second-order valence-corrected chi connectivity index (χ2v) is 3.47.